The highest BCUT2D eigenvalue weighted by Gasteiger charge is 2.21. The van der Waals surface area contributed by atoms with E-state index in [-0.39, 0.29) is 0 Å². The molecule has 114 valence electrons. The van der Waals surface area contributed by atoms with Crippen LogP contribution in [0.25, 0.3) is 0 Å². The van der Waals surface area contributed by atoms with E-state index in [2.05, 4.69) is 30.4 Å². The van der Waals surface area contributed by atoms with Crippen LogP contribution in [0.5, 0.6) is 5.75 Å². The molecular formula is C17H24N2O2. The number of benzene rings is 1. The van der Waals surface area contributed by atoms with Crippen molar-refractivity contribution in [1.29, 1.82) is 5.26 Å². The van der Waals surface area contributed by atoms with Gasteiger partial charge in [0.05, 0.1) is 18.8 Å². The highest BCUT2D eigenvalue weighted by molar-refractivity contribution is 5.28. The summed E-state index contributed by atoms with van der Waals surface area (Å²) in [5, 5.41) is 12.0. The van der Waals surface area contributed by atoms with Crippen LogP contribution in [0.4, 0.5) is 0 Å². The van der Waals surface area contributed by atoms with E-state index in [9.17, 15) is 0 Å². The third kappa shape index (κ3) is 5.37. The Morgan fingerprint density at radius 3 is 3.19 bits per heavy atom. The molecule has 0 radical (unpaired) electrons. The molecule has 1 aromatic rings. The van der Waals surface area contributed by atoms with E-state index >= 15 is 0 Å². The minimum absolute atomic E-state index is 0.343. The van der Waals surface area contributed by atoms with Crippen molar-refractivity contribution in [2.24, 2.45) is 0 Å². The van der Waals surface area contributed by atoms with Gasteiger partial charge in [-0.2, -0.15) is 5.26 Å². The fourth-order valence-corrected chi connectivity index (χ4v) is 2.49. The molecule has 0 aromatic heterocycles. The van der Waals surface area contributed by atoms with Crippen LogP contribution in [0, 0.1) is 11.3 Å². The molecule has 1 saturated heterocycles. The molecule has 0 aliphatic carbocycles. The Bertz CT molecular complexity index is 464. The van der Waals surface area contributed by atoms with Crippen LogP contribution in [-0.2, 0) is 11.3 Å². The van der Waals surface area contributed by atoms with Gasteiger partial charge in [-0.25, -0.2) is 0 Å². The third-order valence-corrected chi connectivity index (χ3v) is 3.75. The number of rotatable bonds is 8. The van der Waals surface area contributed by atoms with Gasteiger partial charge in [0.25, 0.3) is 0 Å². The molecule has 1 N–H and O–H groups in total. The summed E-state index contributed by atoms with van der Waals surface area (Å²) in [4.78, 5) is 0. The van der Waals surface area contributed by atoms with Gasteiger partial charge in [-0.05, 0) is 43.9 Å². The molecule has 2 atom stereocenters. The standard InChI is InChI=1S/C17H24N2O2/c1-14(17-8-5-11-21-17)19-13-15-6-4-7-16(12-15)20-10-3-2-9-18/h4,6-7,12,14,17,19H,2-3,5,8,10-11,13H2,1H3. The summed E-state index contributed by atoms with van der Waals surface area (Å²) in [7, 11) is 0. The van der Waals surface area contributed by atoms with Crippen molar-refractivity contribution in [3.63, 3.8) is 0 Å². The second kappa shape index (κ2) is 8.66. The van der Waals surface area contributed by atoms with Gasteiger partial charge >= 0.3 is 0 Å². The first-order valence-electron chi connectivity index (χ1n) is 7.73. The molecule has 4 nitrogen and oxygen atoms in total. The fourth-order valence-electron chi connectivity index (χ4n) is 2.49. The summed E-state index contributed by atoms with van der Waals surface area (Å²) in [6, 6.07) is 10.6. The summed E-state index contributed by atoms with van der Waals surface area (Å²) in [5.41, 5.74) is 1.21. The Hall–Kier alpha value is -1.57. The van der Waals surface area contributed by atoms with Crippen LogP contribution in [0.15, 0.2) is 24.3 Å². The van der Waals surface area contributed by atoms with Gasteiger partial charge in [0.15, 0.2) is 0 Å². The first kappa shape index (κ1) is 15.8. The van der Waals surface area contributed by atoms with Crippen molar-refractivity contribution in [1.82, 2.24) is 5.32 Å². The quantitative estimate of drug-likeness (QED) is 0.747. The zero-order chi connectivity index (χ0) is 14.9. The fraction of sp³-hybridized carbons (Fsp3) is 0.588. The first-order chi connectivity index (χ1) is 10.3. The van der Waals surface area contributed by atoms with Gasteiger partial charge in [-0.15, -0.1) is 0 Å². The molecular weight excluding hydrogens is 264 g/mol. The predicted molar refractivity (Wildman–Crippen MR) is 82.1 cm³/mol. The molecule has 1 aromatic carbocycles. The number of hydrogen-bond donors (Lipinski definition) is 1. The Morgan fingerprint density at radius 1 is 1.52 bits per heavy atom. The smallest absolute Gasteiger partial charge is 0.119 e. The maximum absolute atomic E-state index is 8.50. The van der Waals surface area contributed by atoms with E-state index in [1.54, 1.807) is 0 Å². The summed E-state index contributed by atoms with van der Waals surface area (Å²) in [6.07, 6.45) is 3.98. The maximum Gasteiger partial charge on any atom is 0.119 e. The van der Waals surface area contributed by atoms with Crippen LogP contribution in [0.1, 0.15) is 38.2 Å². The Labute approximate surface area is 127 Å². The molecule has 4 heteroatoms. The van der Waals surface area contributed by atoms with Crippen LogP contribution in [0.3, 0.4) is 0 Å². The van der Waals surface area contributed by atoms with E-state index in [0.717, 1.165) is 31.7 Å². The van der Waals surface area contributed by atoms with Crippen molar-refractivity contribution in [2.75, 3.05) is 13.2 Å². The van der Waals surface area contributed by atoms with Gasteiger partial charge in [0.2, 0.25) is 0 Å². The predicted octanol–water partition coefficient (Wildman–Crippen LogP) is 3.03. The summed E-state index contributed by atoms with van der Waals surface area (Å²) < 4.78 is 11.3. The molecule has 1 aliphatic rings. The van der Waals surface area contributed by atoms with E-state index in [1.807, 2.05) is 12.1 Å². The van der Waals surface area contributed by atoms with Crippen LogP contribution in [0.2, 0.25) is 0 Å². The minimum Gasteiger partial charge on any atom is -0.494 e. The van der Waals surface area contributed by atoms with Crippen LogP contribution >= 0.6 is 0 Å². The van der Waals surface area contributed by atoms with Crippen LogP contribution in [-0.4, -0.2) is 25.4 Å². The molecule has 1 aliphatic heterocycles. The van der Waals surface area contributed by atoms with Crippen molar-refractivity contribution >= 4 is 0 Å². The molecule has 21 heavy (non-hydrogen) atoms. The lowest BCUT2D eigenvalue weighted by Gasteiger charge is -2.20. The first-order valence-corrected chi connectivity index (χ1v) is 7.73. The highest BCUT2D eigenvalue weighted by Crippen LogP contribution is 2.17. The average molecular weight is 288 g/mol. The normalized spacial score (nSPS) is 19.1. The molecule has 1 fully saturated rings. The second-order valence-electron chi connectivity index (χ2n) is 5.48. The van der Waals surface area contributed by atoms with Gasteiger partial charge in [-0.1, -0.05) is 12.1 Å². The van der Waals surface area contributed by atoms with E-state index < -0.39 is 0 Å². The van der Waals surface area contributed by atoms with E-state index in [4.69, 9.17) is 14.7 Å². The Morgan fingerprint density at radius 2 is 2.43 bits per heavy atom. The minimum atomic E-state index is 0.343. The van der Waals surface area contributed by atoms with Gasteiger partial charge < -0.3 is 14.8 Å². The van der Waals surface area contributed by atoms with Crippen molar-refractivity contribution in [3.8, 4) is 11.8 Å². The number of nitrogens with zero attached hydrogens (tertiary/aromatic N) is 1. The summed E-state index contributed by atoms with van der Waals surface area (Å²) >= 11 is 0. The Balaban J connectivity index is 1.76. The van der Waals surface area contributed by atoms with Gasteiger partial charge in [-0.3, -0.25) is 0 Å². The topological polar surface area (TPSA) is 54.3 Å². The highest BCUT2D eigenvalue weighted by atomic mass is 16.5. The maximum atomic E-state index is 8.50. The van der Waals surface area contributed by atoms with E-state index in [0.29, 0.717) is 25.2 Å². The van der Waals surface area contributed by atoms with Gasteiger partial charge in [0.1, 0.15) is 5.75 Å². The zero-order valence-electron chi connectivity index (χ0n) is 12.7. The van der Waals surface area contributed by atoms with Crippen molar-refractivity contribution in [3.05, 3.63) is 29.8 Å². The average Bonchev–Trinajstić information content (AvgIpc) is 3.04. The van der Waals surface area contributed by atoms with Crippen molar-refractivity contribution < 1.29 is 9.47 Å². The SMILES string of the molecule is CC(NCc1cccc(OCCCC#N)c1)C1CCCO1. The zero-order valence-corrected chi connectivity index (χ0v) is 12.7. The molecule has 0 bridgehead atoms. The number of unbranched alkanes of at least 4 members (excludes halogenated alkanes) is 1. The monoisotopic (exact) mass is 288 g/mol. The number of nitrogens with one attached hydrogen (secondary N) is 1. The lowest BCUT2D eigenvalue weighted by molar-refractivity contribution is 0.0832. The molecule has 0 spiro atoms. The number of hydrogen-bond acceptors (Lipinski definition) is 4. The van der Waals surface area contributed by atoms with Gasteiger partial charge in [0, 0.05) is 25.6 Å². The molecule has 0 saturated carbocycles. The molecule has 2 rings (SSSR count). The Kier molecular flexibility index (Phi) is 6.52. The molecule has 1 heterocycles. The lowest BCUT2D eigenvalue weighted by atomic mass is 10.1. The van der Waals surface area contributed by atoms with Crippen molar-refractivity contribution in [2.45, 2.75) is 51.3 Å². The summed E-state index contributed by atoms with van der Waals surface area (Å²) in [6.45, 7) is 4.48. The lowest BCUT2D eigenvalue weighted by Crippen LogP contribution is -2.36. The summed E-state index contributed by atoms with van der Waals surface area (Å²) in [5.74, 6) is 0.872. The second-order valence-corrected chi connectivity index (χ2v) is 5.48. The largest absolute Gasteiger partial charge is 0.494 e. The molecule has 2 unspecified atom stereocenters. The number of nitriles is 1. The number of ether oxygens (including phenoxy) is 2. The molecule has 0 amide bonds. The van der Waals surface area contributed by atoms with Crippen LogP contribution < -0.4 is 10.1 Å². The third-order valence-electron chi connectivity index (χ3n) is 3.75. The van der Waals surface area contributed by atoms with E-state index in [1.165, 1.54) is 12.0 Å².